The van der Waals surface area contributed by atoms with Crippen LogP contribution in [0.5, 0.6) is 0 Å². The second-order valence-electron chi connectivity index (χ2n) is 7.07. The van der Waals surface area contributed by atoms with Crippen LogP contribution in [0.25, 0.3) is 0 Å². The average molecular weight is 392 g/mol. The number of carbonyl (C=O) groups excluding carboxylic acids is 1. The molecule has 0 spiro atoms. The van der Waals surface area contributed by atoms with E-state index in [2.05, 4.69) is 4.98 Å². The summed E-state index contributed by atoms with van der Waals surface area (Å²) in [5.74, 6) is -0.660. The molecule has 28 heavy (non-hydrogen) atoms. The normalized spacial score (nSPS) is 18.3. The fourth-order valence-electron chi connectivity index (χ4n) is 3.46. The van der Waals surface area contributed by atoms with E-state index >= 15 is 0 Å². The lowest BCUT2D eigenvalue weighted by Crippen LogP contribution is -2.31. The number of hydrogen-bond donors (Lipinski definition) is 0. The highest BCUT2D eigenvalue weighted by atomic mass is 19.4. The molecule has 0 bridgehead atoms. The molecule has 1 aliphatic rings. The van der Waals surface area contributed by atoms with Gasteiger partial charge in [-0.2, -0.15) is 13.2 Å². The van der Waals surface area contributed by atoms with Gasteiger partial charge in [-0.25, -0.2) is 0 Å². The number of rotatable bonds is 6. The Bertz CT molecular complexity index is 796. The zero-order valence-corrected chi connectivity index (χ0v) is 15.7. The summed E-state index contributed by atoms with van der Waals surface area (Å²) in [6, 6.07) is 11.0. The lowest BCUT2D eigenvalue weighted by molar-refractivity contribution is -0.139. The van der Waals surface area contributed by atoms with E-state index in [0.717, 1.165) is 11.8 Å². The molecule has 150 valence electrons. The number of halogens is 3. The Morgan fingerprint density at radius 2 is 2.00 bits per heavy atom. The van der Waals surface area contributed by atoms with Crippen molar-refractivity contribution in [3.05, 3.63) is 65.5 Å². The Morgan fingerprint density at radius 1 is 1.25 bits per heavy atom. The number of likely N-dealkylation sites (tertiary alicyclic amines) is 1. The van der Waals surface area contributed by atoms with Gasteiger partial charge in [-0.1, -0.05) is 31.2 Å². The Labute approximate surface area is 162 Å². The van der Waals surface area contributed by atoms with Crippen molar-refractivity contribution in [2.75, 3.05) is 13.1 Å². The van der Waals surface area contributed by atoms with Gasteiger partial charge in [0.15, 0.2) is 0 Å². The first-order valence-electron chi connectivity index (χ1n) is 9.30. The minimum atomic E-state index is -4.42. The minimum absolute atomic E-state index is 0.0417. The van der Waals surface area contributed by atoms with E-state index in [1.54, 1.807) is 24.1 Å². The summed E-state index contributed by atoms with van der Waals surface area (Å²) < 4.78 is 45.4. The van der Waals surface area contributed by atoms with Crippen LogP contribution >= 0.6 is 0 Å². The average Bonchev–Trinajstić information content (AvgIpc) is 3.16. The van der Waals surface area contributed by atoms with E-state index in [1.165, 1.54) is 12.1 Å². The molecule has 0 radical (unpaired) electrons. The number of carbonyl (C=O) groups is 1. The summed E-state index contributed by atoms with van der Waals surface area (Å²) in [4.78, 5) is 18.5. The van der Waals surface area contributed by atoms with Gasteiger partial charge in [0, 0.05) is 25.7 Å². The van der Waals surface area contributed by atoms with Crippen molar-refractivity contribution in [2.24, 2.45) is 0 Å². The van der Waals surface area contributed by atoms with Crippen LogP contribution in [-0.2, 0) is 22.3 Å². The van der Waals surface area contributed by atoms with Crippen LogP contribution in [0, 0.1) is 0 Å². The van der Waals surface area contributed by atoms with Crippen LogP contribution in [0.2, 0.25) is 0 Å². The molecule has 1 fully saturated rings. The molecule has 1 aromatic carbocycles. The number of benzene rings is 1. The van der Waals surface area contributed by atoms with Gasteiger partial charge in [0.05, 0.1) is 24.0 Å². The predicted molar refractivity (Wildman–Crippen MR) is 98.5 cm³/mol. The first-order valence-corrected chi connectivity index (χ1v) is 9.30. The fourth-order valence-corrected chi connectivity index (χ4v) is 3.46. The van der Waals surface area contributed by atoms with E-state index in [0.29, 0.717) is 26.1 Å². The van der Waals surface area contributed by atoms with Crippen molar-refractivity contribution in [2.45, 2.75) is 44.6 Å². The van der Waals surface area contributed by atoms with Crippen molar-refractivity contribution in [3.63, 3.8) is 0 Å². The maximum absolute atomic E-state index is 13.2. The third kappa shape index (κ3) is 5.10. The van der Waals surface area contributed by atoms with Gasteiger partial charge in [0.25, 0.3) is 0 Å². The van der Waals surface area contributed by atoms with Crippen LogP contribution in [0.15, 0.2) is 48.7 Å². The maximum Gasteiger partial charge on any atom is 0.416 e. The molecule has 1 aromatic heterocycles. The second-order valence-corrected chi connectivity index (χ2v) is 7.07. The quantitative estimate of drug-likeness (QED) is 0.731. The maximum atomic E-state index is 13.2. The Morgan fingerprint density at radius 3 is 2.71 bits per heavy atom. The lowest BCUT2D eigenvalue weighted by atomic mass is 9.92. The second kappa shape index (κ2) is 8.73. The topological polar surface area (TPSA) is 42.4 Å². The highest BCUT2D eigenvalue weighted by Gasteiger charge is 2.35. The van der Waals surface area contributed by atoms with Gasteiger partial charge in [-0.05, 0) is 36.1 Å². The van der Waals surface area contributed by atoms with Gasteiger partial charge in [0.1, 0.15) is 0 Å². The Hall–Kier alpha value is -2.41. The van der Waals surface area contributed by atoms with Gasteiger partial charge >= 0.3 is 6.18 Å². The number of aromatic nitrogens is 1. The van der Waals surface area contributed by atoms with Gasteiger partial charge in [-0.3, -0.25) is 9.78 Å². The number of amides is 1. The number of nitrogens with zero attached hydrogens (tertiary/aromatic N) is 2. The zero-order chi connectivity index (χ0) is 20.1. The predicted octanol–water partition coefficient (Wildman–Crippen LogP) is 4.41. The highest BCUT2D eigenvalue weighted by Crippen LogP contribution is 2.36. The third-order valence-electron chi connectivity index (χ3n) is 4.97. The number of hydrogen-bond acceptors (Lipinski definition) is 3. The molecule has 0 unspecified atom stereocenters. The number of alkyl halides is 3. The first-order chi connectivity index (χ1) is 13.3. The minimum Gasteiger partial charge on any atom is -0.370 e. The summed E-state index contributed by atoms with van der Waals surface area (Å²) >= 11 is 0. The van der Waals surface area contributed by atoms with E-state index in [-0.39, 0.29) is 24.0 Å². The van der Waals surface area contributed by atoms with Crippen molar-refractivity contribution in [1.82, 2.24) is 9.88 Å². The molecule has 1 amide bonds. The van der Waals surface area contributed by atoms with E-state index in [1.807, 2.05) is 18.2 Å². The van der Waals surface area contributed by atoms with Crippen molar-refractivity contribution in [3.8, 4) is 0 Å². The van der Waals surface area contributed by atoms with Crippen LogP contribution in [-0.4, -0.2) is 35.0 Å². The summed E-state index contributed by atoms with van der Waals surface area (Å²) in [5, 5.41) is 0. The van der Waals surface area contributed by atoms with Gasteiger partial charge in [0.2, 0.25) is 5.91 Å². The molecule has 2 aromatic rings. The molecule has 3 rings (SSSR count). The Kier molecular flexibility index (Phi) is 6.34. The van der Waals surface area contributed by atoms with Crippen molar-refractivity contribution in [1.29, 1.82) is 0 Å². The van der Waals surface area contributed by atoms with Crippen LogP contribution in [0.4, 0.5) is 13.2 Å². The van der Waals surface area contributed by atoms with Crippen LogP contribution in [0.1, 0.15) is 42.5 Å². The van der Waals surface area contributed by atoms with Gasteiger partial charge in [-0.15, -0.1) is 0 Å². The summed E-state index contributed by atoms with van der Waals surface area (Å²) in [7, 11) is 0. The fraction of sp³-hybridized carbons (Fsp3) is 0.429. The zero-order valence-electron chi connectivity index (χ0n) is 15.7. The number of pyridine rings is 1. The lowest BCUT2D eigenvalue weighted by Gasteiger charge is -2.21. The molecular weight excluding hydrogens is 369 g/mol. The monoisotopic (exact) mass is 392 g/mol. The molecule has 1 saturated heterocycles. The third-order valence-corrected chi connectivity index (χ3v) is 4.97. The molecule has 2 atom stereocenters. The summed E-state index contributed by atoms with van der Waals surface area (Å²) in [6.45, 7) is 3.05. The molecule has 0 saturated carbocycles. The highest BCUT2D eigenvalue weighted by molar-refractivity contribution is 5.77. The smallest absolute Gasteiger partial charge is 0.370 e. The molecule has 2 heterocycles. The van der Waals surface area contributed by atoms with Crippen LogP contribution in [0.3, 0.4) is 0 Å². The number of ether oxygens (including phenoxy) is 1. The van der Waals surface area contributed by atoms with Gasteiger partial charge < -0.3 is 9.64 Å². The summed E-state index contributed by atoms with van der Waals surface area (Å²) in [5.41, 5.74) is 0.309. The summed E-state index contributed by atoms with van der Waals surface area (Å²) in [6.07, 6.45) is -2.05. The molecule has 0 aliphatic carbocycles. The first kappa shape index (κ1) is 20.3. The van der Waals surface area contributed by atoms with Crippen molar-refractivity contribution >= 4 is 5.91 Å². The Balaban J connectivity index is 1.54. The van der Waals surface area contributed by atoms with E-state index in [4.69, 9.17) is 4.74 Å². The molecule has 7 heteroatoms. The van der Waals surface area contributed by atoms with Crippen molar-refractivity contribution < 1.29 is 22.7 Å². The largest absolute Gasteiger partial charge is 0.416 e. The standard InChI is InChI=1S/C21H23F3N2O2/c1-15(18-7-2-3-8-19(18)21(22,23)24)12-20(27)26-11-9-17(13-26)28-14-16-6-4-5-10-25-16/h2-8,10,15,17H,9,11-14H2,1H3/t15-,17+/m1/s1. The van der Waals surface area contributed by atoms with E-state index in [9.17, 15) is 18.0 Å². The van der Waals surface area contributed by atoms with Crippen LogP contribution < -0.4 is 0 Å². The molecule has 0 N–H and O–H groups in total. The molecule has 1 aliphatic heterocycles. The SMILES string of the molecule is C[C@H](CC(=O)N1CC[C@H](OCc2ccccn2)C1)c1ccccc1C(F)(F)F. The van der Waals surface area contributed by atoms with E-state index < -0.39 is 17.7 Å². The molecule has 4 nitrogen and oxygen atoms in total. The molecular formula is C21H23F3N2O2.